The molecular formula is C26H35N3O5. The molecule has 0 aliphatic carbocycles. The van der Waals surface area contributed by atoms with Crippen LogP contribution in [0.25, 0.3) is 0 Å². The van der Waals surface area contributed by atoms with Crippen molar-refractivity contribution in [3.05, 3.63) is 65.7 Å². The van der Waals surface area contributed by atoms with Gasteiger partial charge in [0.05, 0.1) is 0 Å². The number of hydrogen-bond donors (Lipinski definition) is 3. The molecule has 2 unspecified atom stereocenters. The lowest BCUT2D eigenvalue weighted by atomic mass is 9.99. The van der Waals surface area contributed by atoms with Crippen molar-refractivity contribution in [2.45, 2.75) is 58.8 Å². The van der Waals surface area contributed by atoms with Gasteiger partial charge in [0, 0.05) is 19.2 Å². The van der Waals surface area contributed by atoms with Crippen LogP contribution in [-0.4, -0.2) is 46.6 Å². The Labute approximate surface area is 201 Å². The fraction of sp³-hybridized carbons (Fsp3) is 0.423. The fourth-order valence-electron chi connectivity index (χ4n) is 3.42. The van der Waals surface area contributed by atoms with E-state index in [0.717, 1.165) is 5.56 Å². The molecular weight excluding hydrogens is 434 g/mol. The van der Waals surface area contributed by atoms with Crippen molar-refractivity contribution in [1.29, 1.82) is 0 Å². The molecule has 8 nitrogen and oxygen atoms in total. The van der Waals surface area contributed by atoms with Gasteiger partial charge in [0.2, 0.25) is 11.8 Å². The number of nitrogens with zero attached hydrogens (tertiary/aromatic N) is 1. The van der Waals surface area contributed by atoms with E-state index in [0.29, 0.717) is 0 Å². The number of likely N-dealkylation sites (N-methyl/N-ethyl adjacent to an activating group) is 1. The molecule has 0 aliphatic rings. The molecule has 2 aromatic rings. The molecule has 0 spiro atoms. The highest BCUT2D eigenvalue weighted by atomic mass is 16.6. The summed E-state index contributed by atoms with van der Waals surface area (Å²) in [7, 11) is 1.48. The highest BCUT2D eigenvalue weighted by Crippen LogP contribution is 2.29. The third-order valence-corrected chi connectivity index (χ3v) is 5.13. The number of aromatic hydroxyl groups is 1. The lowest BCUT2D eigenvalue weighted by Crippen LogP contribution is -2.53. The van der Waals surface area contributed by atoms with Crippen LogP contribution in [0.3, 0.4) is 0 Å². The first-order valence-corrected chi connectivity index (χ1v) is 11.3. The van der Waals surface area contributed by atoms with Crippen LogP contribution in [0.2, 0.25) is 0 Å². The van der Waals surface area contributed by atoms with E-state index in [1.807, 2.05) is 30.3 Å². The molecule has 8 heteroatoms. The molecule has 2 aromatic carbocycles. The highest BCUT2D eigenvalue weighted by molar-refractivity contribution is 5.92. The number of benzene rings is 2. The Kier molecular flexibility index (Phi) is 9.06. The van der Waals surface area contributed by atoms with E-state index in [2.05, 4.69) is 10.6 Å². The van der Waals surface area contributed by atoms with Crippen molar-refractivity contribution < 1.29 is 24.2 Å². The molecule has 34 heavy (non-hydrogen) atoms. The molecule has 0 aromatic heterocycles. The summed E-state index contributed by atoms with van der Waals surface area (Å²) in [5.41, 5.74) is 0.451. The number of ether oxygens (including phenoxy) is 1. The van der Waals surface area contributed by atoms with Crippen molar-refractivity contribution in [1.82, 2.24) is 15.5 Å². The Morgan fingerprint density at radius 3 is 2.15 bits per heavy atom. The van der Waals surface area contributed by atoms with Gasteiger partial charge in [0.15, 0.2) is 0 Å². The van der Waals surface area contributed by atoms with Crippen molar-refractivity contribution in [2.24, 2.45) is 5.92 Å². The van der Waals surface area contributed by atoms with Gasteiger partial charge < -0.3 is 25.4 Å². The van der Waals surface area contributed by atoms with Gasteiger partial charge >= 0.3 is 6.09 Å². The van der Waals surface area contributed by atoms with Crippen LogP contribution in [0.1, 0.15) is 51.8 Å². The minimum Gasteiger partial charge on any atom is -0.508 e. The number of phenolic OH excluding ortho intramolecular Hbond substituents is 1. The van der Waals surface area contributed by atoms with E-state index in [-0.39, 0.29) is 23.8 Å². The number of carbonyl (C=O) groups excluding carboxylic acids is 3. The van der Waals surface area contributed by atoms with Crippen molar-refractivity contribution in [3.63, 3.8) is 0 Å². The van der Waals surface area contributed by atoms with Crippen molar-refractivity contribution in [2.75, 3.05) is 7.05 Å². The van der Waals surface area contributed by atoms with Gasteiger partial charge in [-0.15, -0.1) is 0 Å². The standard InChI is InChI=1S/C26H35N3O5/c1-17(2)21(28-25(33)34-26(3,4)5)24(32)29(6)22(19-14-10-11-15-20(19)30)23(31)27-16-18-12-8-7-9-13-18/h7-15,17,21-22,30H,16H2,1-6H3,(H,27,31)(H,28,33). The molecule has 184 valence electrons. The summed E-state index contributed by atoms with van der Waals surface area (Å²) in [6, 6.07) is 13.7. The lowest BCUT2D eigenvalue weighted by molar-refractivity contribution is -0.141. The second-order valence-electron chi connectivity index (χ2n) is 9.48. The average molecular weight is 470 g/mol. The Hall–Kier alpha value is -3.55. The van der Waals surface area contributed by atoms with Gasteiger partial charge in [-0.1, -0.05) is 62.4 Å². The monoisotopic (exact) mass is 469 g/mol. The first-order chi connectivity index (χ1) is 15.9. The normalized spacial score (nSPS) is 13.0. The smallest absolute Gasteiger partial charge is 0.408 e. The van der Waals surface area contributed by atoms with E-state index in [9.17, 15) is 19.5 Å². The maximum Gasteiger partial charge on any atom is 0.408 e. The minimum absolute atomic E-state index is 0.108. The summed E-state index contributed by atoms with van der Waals surface area (Å²) in [5, 5.41) is 15.9. The maximum atomic E-state index is 13.5. The number of amides is 3. The first-order valence-electron chi connectivity index (χ1n) is 11.3. The van der Waals surface area contributed by atoms with Crippen LogP contribution >= 0.6 is 0 Å². The number of para-hydroxylation sites is 1. The molecule has 3 N–H and O–H groups in total. The maximum absolute atomic E-state index is 13.5. The summed E-state index contributed by atoms with van der Waals surface area (Å²) in [6.45, 7) is 9.04. The Balaban J connectivity index is 2.30. The first kappa shape index (κ1) is 26.7. The third-order valence-electron chi connectivity index (χ3n) is 5.13. The van der Waals surface area contributed by atoms with Gasteiger partial charge in [0.1, 0.15) is 23.4 Å². The molecule has 0 aliphatic heterocycles. The molecule has 2 rings (SSSR count). The Bertz CT molecular complexity index is 985. The summed E-state index contributed by atoms with van der Waals surface area (Å²) >= 11 is 0. The number of phenols is 1. The van der Waals surface area contributed by atoms with Crippen LogP contribution in [0.15, 0.2) is 54.6 Å². The summed E-state index contributed by atoms with van der Waals surface area (Å²) in [4.78, 5) is 40.4. The molecule has 0 saturated heterocycles. The number of nitrogens with one attached hydrogen (secondary N) is 2. The Morgan fingerprint density at radius 2 is 1.59 bits per heavy atom. The molecule has 3 amide bonds. The van der Waals surface area contributed by atoms with Crippen molar-refractivity contribution >= 4 is 17.9 Å². The summed E-state index contributed by atoms with van der Waals surface area (Å²) in [5.74, 6) is -1.33. The number of alkyl carbamates (subject to hydrolysis) is 1. The van der Waals surface area contributed by atoms with Gasteiger partial charge in [-0.3, -0.25) is 9.59 Å². The zero-order chi connectivity index (χ0) is 25.5. The molecule has 0 fully saturated rings. The molecule has 0 bridgehead atoms. The second kappa shape index (κ2) is 11.5. The van der Waals surface area contributed by atoms with E-state index in [1.165, 1.54) is 18.0 Å². The highest BCUT2D eigenvalue weighted by Gasteiger charge is 2.36. The lowest BCUT2D eigenvalue weighted by Gasteiger charge is -2.33. The largest absolute Gasteiger partial charge is 0.508 e. The van der Waals surface area contributed by atoms with E-state index >= 15 is 0 Å². The van der Waals surface area contributed by atoms with Crippen LogP contribution in [0, 0.1) is 5.92 Å². The van der Waals surface area contributed by atoms with Crippen LogP contribution in [0.4, 0.5) is 4.79 Å². The third kappa shape index (κ3) is 7.50. The van der Waals surface area contributed by atoms with E-state index in [4.69, 9.17) is 4.74 Å². The number of hydrogen-bond acceptors (Lipinski definition) is 5. The predicted octanol–water partition coefficient (Wildman–Crippen LogP) is 3.76. The number of rotatable bonds is 8. The van der Waals surface area contributed by atoms with Gasteiger partial charge in [0.25, 0.3) is 0 Å². The van der Waals surface area contributed by atoms with Gasteiger partial charge in [-0.25, -0.2) is 4.79 Å². The van der Waals surface area contributed by atoms with Crippen molar-refractivity contribution in [3.8, 4) is 5.75 Å². The van der Waals surface area contributed by atoms with E-state index < -0.39 is 35.6 Å². The molecule has 0 radical (unpaired) electrons. The molecule has 0 heterocycles. The zero-order valence-corrected chi connectivity index (χ0v) is 20.7. The van der Waals surface area contributed by atoms with Crippen LogP contribution in [-0.2, 0) is 20.9 Å². The minimum atomic E-state index is -1.11. The summed E-state index contributed by atoms with van der Waals surface area (Å²) < 4.78 is 5.31. The average Bonchev–Trinajstić information content (AvgIpc) is 2.76. The van der Waals surface area contributed by atoms with Gasteiger partial charge in [-0.05, 0) is 38.3 Å². The van der Waals surface area contributed by atoms with Gasteiger partial charge in [-0.2, -0.15) is 0 Å². The molecule has 2 atom stereocenters. The predicted molar refractivity (Wildman–Crippen MR) is 130 cm³/mol. The van der Waals surface area contributed by atoms with E-state index in [1.54, 1.807) is 52.8 Å². The van der Waals surface area contributed by atoms with Crippen LogP contribution in [0.5, 0.6) is 5.75 Å². The Morgan fingerprint density at radius 1 is 1.00 bits per heavy atom. The second-order valence-corrected chi connectivity index (χ2v) is 9.48. The quantitative estimate of drug-likeness (QED) is 0.546. The molecule has 0 saturated carbocycles. The summed E-state index contributed by atoms with van der Waals surface area (Å²) in [6.07, 6.45) is -0.722. The topological polar surface area (TPSA) is 108 Å². The number of carbonyl (C=O) groups is 3. The SMILES string of the molecule is CC(C)C(NC(=O)OC(C)(C)C)C(=O)N(C)C(C(=O)NCc1ccccc1)c1ccccc1O. The van der Waals surface area contributed by atoms with Crippen LogP contribution < -0.4 is 10.6 Å². The fourth-order valence-corrected chi connectivity index (χ4v) is 3.42. The zero-order valence-electron chi connectivity index (χ0n) is 20.7.